The van der Waals surface area contributed by atoms with Crippen LogP contribution in [-0.4, -0.2) is 31.6 Å². The number of rotatable bonds is 6. The van der Waals surface area contributed by atoms with Crippen LogP contribution in [0.4, 0.5) is 4.39 Å². The molecule has 0 saturated carbocycles. The van der Waals surface area contributed by atoms with Gasteiger partial charge in [-0.2, -0.15) is 4.31 Å². The summed E-state index contributed by atoms with van der Waals surface area (Å²) in [6.45, 7) is 4.58. The smallest absolute Gasteiger partial charge is 0.214 e. The summed E-state index contributed by atoms with van der Waals surface area (Å²) in [5.41, 5.74) is 0.634. The van der Waals surface area contributed by atoms with Gasteiger partial charge in [0.2, 0.25) is 10.0 Å². The first kappa shape index (κ1) is 16.2. The Morgan fingerprint density at radius 1 is 1.38 bits per heavy atom. The van der Waals surface area contributed by atoms with E-state index in [9.17, 15) is 12.8 Å². The lowest BCUT2D eigenvalue weighted by Crippen LogP contribution is -2.39. The Labute approximate surface area is 126 Å². The average Bonchev–Trinajstić information content (AvgIpc) is 2.47. The molecule has 0 spiro atoms. The summed E-state index contributed by atoms with van der Waals surface area (Å²) < 4.78 is 45.4. The van der Waals surface area contributed by atoms with Crippen molar-refractivity contribution < 1.29 is 17.5 Å². The molecule has 6 heteroatoms. The van der Waals surface area contributed by atoms with Gasteiger partial charge in [0, 0.05) is 18.5 Å². The Morgan fingerprint density at radius 2 is 2.14 bits per heavy atom. The van der Waals surface area contributed by atoms with E-state index in [1.807, 2.05) is 6.92 Å². The molecule has 1 aliphatic heterocycles. The fourth-order valence-electron chi connectivity index (χ4n) is 2.61. The lowest BCUT2D eigenvalue weighted by Gasteiger charge is -2.34. The first-order valence-electron chi connectivity index (χ1n) is 7.41. The average molecular weight is 315 g/mol. The summed E-state index contributed by atoms with van der Waals surface area (Å²) in [5.74, 6) is 0.271. The van der Waals surface area contributed by atoms with Crippen LogP contribution in [0.15, 0.2) is 18.2 Å². The molecule has 0 radical (unpaired) electrons. The van der Waals surface area contributed by atoms with Crippen LogP contribution in [0.5, 0.6) is 5.75 Å². The molecule has 1 aromatic rings. The van der Waals surface area contributed by atoms with Gasteiger partial charge in [-0.1, -0.05) is 13.3 Å². The summed E-state index contributed by atoms with van der Waals surface area (Å²) in [6, 6.07) is 3.98. The maximum Gasteiger partial charge on any atom is 0.214 e. The van der Waals surface area contributed by atoms with Gasteiger partial charge < -0.3 is 4.74 Å². The van der Waals surface area contributed by atoms with E-state index in [0.717, 1.165) is 12.8 Å². The van der Waals surface area contributed by atoms with Crippen molar-refractivity contribution in [2.24, 2.45) is 0 Å². The Hall–Kier alpha value is -1.14. The summed E-state index contributed by atoms with van der Waals surface area (Å²) in [7, 11) is -3.33. The van der Waals surface area contributed by atoms with Crippen molar-refractivity contribution in [3.05, 3.63) is 29.6 Å². The Morgan fingerprint density at radius 3 is 2.81 bits per heavy atom. The predicted molar refractivity (Wildman–Crippen MR) is 80.3 cm³/mol. The van der Waals surface area contributed by atoms with E-state index in [1.54, 1.807) is 13.0 Å². The van der Waals surface area contributed by atoms with Crippen molar-refractivity contribution in [3.63, 3.8) is 0 Å². The van der Waals surface area contributed by atoms with Gasteiger partial charge in [0.15, 0.2) is 0 Å². The quantitative estimate of drug-likeness (QED) is 0.810. The SMILES string of the molecule is CCCCN(C1CCOc2ccc(F)cc21)S(=O)(=O)CC. The van der Waals surface area contributed by atoms with E-state index < -0.39 is 10.0 Å². The first-order chi connectivity index (χ1) is 9.99. The normalized spacial score (nSPS) is 18.4. The van der Waals surface area contributed by atoms with E-state index in [0.29, 0.717) is 30.9 Å². The largest absolute Gasteiger partial charge is 0.493 e. The molecule has 4 nitrogen and oxygen atoms in total. The van der Waals surface area contributed by atoms with Crippen LogP contribution in [0.1, 0.15) is 44.7 Å². The molecular formula is C15H22FNO3S. The zero-order valence-corrected chi connectivity index (χ0v) is 13.3. The summed E-state index contributed by atoms with van der Waals surface area (Å²) in [6.07, 6.45) is 2.26. The summed E-state index contributed by atoms with van der Waals surface area (Å²) >= 11 is 0. The van der Waals surface area contributed by atoms with Crippen LogP contribution in [0.25, 0.3) is 0 Å². The third kappa shape index (κ3) is 3.55. The molecule has 0 bridgehead atoms. The molecule has 0 saturated heterocycles. The van der Waals surface area contributed by atoms with Crippen molar-refractivity contribution in [3.8, 4) is 5.75 Å². The van der Waals surface area contributed by atoms with Gasteiger partial charge in [0.25, 0.3) is 0 Å². The van der Waals surface area contributed by atoms with Crippen molar-refractivity contribution in [2.45, 2.75) is 39.2 Å². The lowest BCUT2D eigenvalue weighted by atomic mass is 10.00. The fourth-order valence-corrected chi connectivity index (χ4v) is 3.96. The minimum atomic E-state index is -3.33. The standard InChI is InChI=1S/C15H22FNO3S/c1-3-5-9-17(21(18,19)4-2)14-8-10-20-15-7-6-12(16)11-13(14)15/h6-7,11,14H,3-5,8-10H2,1-2H3. The highest BCUT2D eigenvalue weighted by molar-refractivity contribution is 7.89. The molecule has 0 aromatic heterocycles. The van der Waals surface area contributed by atoms with E-state index >= 15 is 0 Å². The van der Waals surface area contributed by atoms with Gasteiger partial charge in [-0.15, -0.1) is 0 Å². The van der Waals surface area contributed by atoms with E-state index in [1.165, 1.54) is 16.4 Å². The van der Waals surface area contributed by atoms with Crippen LogP contribution in [-0.2, 0) is 10.0 Å². The van der Waals surface area contributed by atoms with Gasteiger partial charge in [-0.3, -0.25) is 0 Å². The Kier molecular flexibility index (Phi) is 5.22. The number of ether oxygens (including phenoxy) is 1. The van der Waals surface area contributed by atoms with Gasteiger partial charge in [-0.05, 0) is 31.5 Å². The number of unbranched alkanes of at least 4 members (excludes halogenated alkanes) is 1. The second-order valence-electron chi connectivity index (χ2n) is 5.20. The molecular weight excluding hydrogens is 293 g/mol. The van der Waals surface area contributed by atoms with E-state index in [-0.39, 0.29) is 17.6 Å². The van der Waals surface area contributed by atoms with Crippen LogP contribution in [0.2, 0.25) is 0 Å². The molecule has 1 heterocycles. The monoisotopic (exact) mass is 315 g/mol. The molecule has 1 aliphatic rings. The maximum atomic E-state index is 13.5. The van der Waals surface area contributed by atoms with Crippen LogP contribution < -0.4 is 4.74 Å². The van der Waals surface area contributed by atoms with Gasteiger partial charge in [0.05, 0.1) is 18.4 Å². The van der Waals surface area contributed by atoms with Crippen LogP contribution >= 0.6 is 0 Å². The topological polar surface area (TPSA) is 46.6 Å². The number of hydrogen-bond acceptors (Lipinski definition) is 3. The van der Waals surface area contributed by atoms with Gasteiger partial charge in [-0.25, -0.2) is 12.8 Å². The molecule has 0 fully saturated rings. The molecule has 1 atom stereocenters. The Bertz CT molecular complexity index is 589. The fraction of sp³-hybridized carbons (Fsp3) is 0.600. The number of benzene rings is 1. The number of nitrogens with zero attached hydrogens (tertiary/aromatic N) is 1. The minimum Gasteiger partial charge on any atom is -0.493 e. The molecule has 21 heavy (non-hydrogen) atoms. The van der Waals surface area contributed by atoms with Crippen molar-refractivity contribution in [1.29, 1.82) is 0 Å². The first-order valence-corrected chi connectivity index (χ1v) is 9.02. The highest BCUT2D eigenvalue weighted by atomic mass is 32.2. The Balaban J connectivity index is 2.40. The van der Waals surface area contributed by atoms with Crippen LogP contribution in [0, 0.1) is 5.82 Å². The van der Waals surface area contributed by atoms with Crippen molar-refractivity contribution in [2.75, 3.05) is 18.9 Å². The summed E-state index contributed by atoms with van der Waals surface area (Å²) in [4.78, 5) is 0. The number of hydrogen-bond donors (Lipinski definition) is 0. The highest BCUT2D eigenvalue weighted by Crippen LogP contribution is 2.37. The zero-order chi connectivity index (χ0) is 15.5. The third-order valence-corrected chi connectivity index (χ3v) is 5.66. The molecule has 0 aliphatic carbocycles. The summed E-state index contributed by atoms with van der Waals surface area (Å²) in [5, 5.41) is 0. The highest BCUT2D eigenvalue weighted by Gasteiger charge is 2.33. The second-order valence-corrected chi connectivity index (χ2v) is 7.41. The van der Waals surface area contributed by atoms with Crippen molar-refractivity contribution >= 4 is 10.0 Å². The van der Waals surface area contributed by atoms with E-state index in [2.05, 4.69) is 0 Å². The molecule has 0 amide bonds. The molecule has 1 unspecified atom stereocenters. The predicted octanol–water partition coefficient (Wildman–Crippen LogP) is 3.10. The third-order valence-electron chi connectivity index (χ3n) is 3.78. The lowest BCUT2D eigenvalue weighted by molar-refractivity contribution is 0.204. The number of fused-ring (bicyclic) bond motifs is 1. The molecule has 1 aromatic carbocycles. The minimum absolute atomic E-state index is 0.0543. The molecule has 118 valence electrons. The van der Waals surface area contributed by atoms with Crippen molar-refractivity contribution in [1.82, 2.24) is 4.31 Å². The van der Waals surface area contributed by atoms with Gasteiger partial charge in [0.1, 0.15) is 11.6 Å². The second kappa shape index (κ2) is 6.75. The van der Waals surface area contributed by atoms with Crippen LogP contribution in [0.3, 0.4) is 0 Å². The maximum absolute atomic E-state index is 13.5. The number of halogens is 1. The van der Waals surface area contributed by atoms with Gasteiger partial charge >= 0.3 is 0 Å². The number of sulfonamides is 1. The zero-order valence-electron chi connectivity index (χ0n) is 12.5. The molecule has 0 N–H and O–H groups in total. The van der Waals surface area contributed by atoms with E-state index in [4.69, 9.17) is 4.74 Å². The molecule has 2 rings (SSSR count).